The van der Waals surface area contributed by atoms with Crippen LogP contribution in [-0.2, 0) is 11.3 Å². The number of Topliss-reactive ketones (excluding diaryl/α,β-unsaturated/α-hetero) is 1. The van der Waals surface area contributed by atoms with Gasteiger partial charge in [0.05, 0.1) is 24.5 Å². The lowest BCUT2D eigenvalue weighted by atomic mass is 10.0. The zero-order chi connectivity index (χ0) is 26.6. The third kappa shape index (κ3) is 8.26. The summed E-state index contributed by atoms with van der Waals surface area (Å²) in [5.74, 6) is 0.0189. The zero-order valence-electron chi connectivity index (χ0n) is 21.6. The second kappa shape index (κ2) is 14.4. The smallest absolute Gasteiger partial charge is 0.411 e. The van der Waals surface area contributed by atoms with Crippen molar-refractivity contribution >= 4 is 17.6 Å². The van der Waals surface area contributed by atoms with Gasteiger partial charge in [0.15, 0.2) is 5.78 Å². The van der Waals surface area contributed by atoms with Crippen molar-refractivity contribution in [2.24, 2.45) is 0 Å². The number of rotatable bonds is 13. The van der Waals surface area contributed by atoms with Gasteiger partial charge < -0.3 is 30.4 Å². The van der Waals surface area contributed by atoms with Crippen molar-refractivity contribution in [3.63, 3.8) is 0 Å². The Morgan fingerprint density at radius 3 is 2.50 bits per heavy atom. The first-order chi connectivity index (χ1) is 18.6. The number of anilines is 1. The highest BCUT2D eigenvalue weighted by atomic mass is 16.6. The number of aromatic nitrogens is 1. The summed E-state index contributed by atoms with van der Waals surface area (Å²) in [6.45, 7) is 4.68. The van der Waals surface area contributed by atoms with Gasteiger partial charge >= 0.3 is 6.09 Å². The molecule has 3 aromatic rings. The van der Waals surface area contributed by atoms with Gasteiger partial charge in [0.2, 0.25) is 0 Å². The monoisotopic (exact) mass is 519 g/mol. The number of likely N-dealkylation sites (tertiary alicyclic amines) is 1. The Labute approximate surface area is 223 Å². The van der Waals surface area contributed by atoms with Gasteiger partial charge in [0.25, 0.3) is 0 Å². The van der Waals surface area contributed by atoms with Crippen LogP contribution in [0.4, 0.5) is 10.5 Å². The number of aromatic amines is 1. The lowest BCUT2D eigenvalue weighted by Crippen LogP contribution is -2.42. The van der Waals surface area contributed by atoms with Crippen LogP contribution in [0, 0.1) is 0 Å². The predicted molar refractivity (Wildman–Crippen MR) is 148 cm³/mol. The number of benzene rings is 2. The van der Waals surface area contributed by atoms with Crippen molar-refractivity contribution in [2.75, 3.05) is 51.2 Å². The summed E-state index contributed by atoms with van der Waals surface area (Å²) < 4.78 is 5.72. The predicted octanol–water partition coefficient (Wildman–Crippen LogP) is 3.25. The number of hydrogen-bond donors (Lipinski definition) is 5. The number of para-hydroxylation sites is 1. The molecule has 202 valence electrons. The summed E-state index contributed by atoms with van der Waals surface area (Å²) >= 11 is 0. The second-order valence-corrected chi connectivity index (χ2v) is 9.38. The number of nitrogens with one attached hydrogen (secondary N) is 4. The van der Waals surface area contributed by atoms with Crippen LogP contribution in [0.3, 0.4) is 0 Å². The Kier molecular flexibility index (Phi) is 10.5. The second-order valence-electron chi connectivity index (χ2n) is 9.38. The SMILES string of the molecule is O=C(Nc1ccccc1-c1ccccc1)OC1CCN(CCNCC(=O)c2ccc(CNCCO)[nH]2)CC1. The Morgan fingerprint density at radius 1 is 0.947 bits per heavy atom. The van der Waals surface area contributed by atoms with Crippen LogP contribution in [0.2, 0.25) is 0 Å². The van der Waals surface area contributed by atoms with Crippen molar-refractivity contribution in [3.8, 4) is 11.1 Å². The van der Waals surface area contributed by atoms with Gasteiger partial charge in [0.1, 0.15) is 6.10 Å². The van der Waals surface area contributed by atoms with E-state index < -0.39 is 6.09 Å². The van der Waals surface area contributed by atoms with Gasteiger partial charge in [-0.1, -0.05) is 48.5 Å². The highest BCUT2D eigenvalue weighted by molar-refractivity contribution is 5.96. The maximum Gasteiger partial charge on any atom is 0.411 e. The fourth-order valence-corrected chi connectivity index (χ4v) is 4.55. The molecular weight excluding hydrogens is 482 g/mol. The number of ether oxygens (including phenoxy) is 1. The fourth-order valence-electron chi connectivity index (χ4n) is 4.55. The number of H-pyrrole nitrogens is 1. The molecule has 0 unspecified atom stereocenters. The fraction of sp³-hybridized carbons (Fsp3) is 0.379. The molecule has 0 saturated carbocycles. The topological polar surface area (TPSA) is 119 Å². The lowest BCUT2D eigenvalue weighted by Gasteiger charge is -2.31. The Hall–Kier alpha value is -3.50. The van der Waals surface area contributed by atoms with E-state index in [1.165, 1.54) is 0 Å². The molecule has 9 heteroatoms. The van der Waals surface area contributed by atoms with Gasteiger partial charge in [-0.2, -0.15) is 0 Å². The number of nitrogens with zero attached hydrogens (tertiary/aromatic N) is 1. The Bertz CT molecular complexity index is 1160. The molecule has 0 aliphatic carbocycles. The average molecular weight is 520 g/mol. The number of aliphatic hydroxyl groups is 1. The average Bonchev–Trinajstić information content (AvgIpc) is 3.42. The van der Waals surface area contributed by atoms with E-state index in [9.17, 15) is 9.59 Å². The van der Waals surface area contributed by atoms with Crippen LogP contribution in [0.15, 0.2) is 66.7 Å². The normalized spacial score (nSPS) is 14.3. The molecule has 1 saturated heterocycles. The minimum atomic E-state index is -0.427. The number of aliphatic hydroxyl groups excluding tert-OH is 1. The first-order valence-corrected chi connectivity index (χ1v) is 13.2. The number of hydrogen-bond acceptors (Lipinski definition) is 7. The summed E-state index contributed by atoms with van der Waals surface area (Å²) in [4.78, 5) is 30.4. The number of piperidine rings is 1. The molecule has 2 aromatic carbocycles. The molecule has 0 spiro atoms. The summed E-state index contributed by atoms with van der Waals surface area (Å²) in [5.41, 5.74) is 4.23. The van der Waals surface area contributed by atoms with Crippen LogP contribution in [0.5, 0.6) is 0 Å². The van der Waals surface area contributed by atoms with Gasteiger partial charge in [-0.25, -0.2) is 4.79 Å². The van der Waals surface area contributed by atoms with Crippen LogP contribution in [-0.4, -0.2) is 78.8 Å². The minimum Gasteiger partial charge on any atom is -0.446 e. The molecule has 38 heavy (non-hydrogen) atoms. The van der Waals surface area contributed by atoms with Gasteiger partial charge in [-0.15, -0.1) is 0 Å². The van der Waals surface area contributed by atoms with Crippen LogP contribution < -0.4 is 16.0 Å². The van der Waals surface area contributed by atoms with E-state index in [1.54, 1.807) is 6.07 Å². The highest BCUT2D eigenvalue weighted by Crippen LogP contribution is 2.28. The molecule has 1 aliphatic rings. The summed E-state index contributed by atoms with van der Waals surface area (Å²) in [6.07, 6.45) is 1.02. The zero-order valence-corrected chi connectivity index (χ0v) is 21.6. The molecule has 5 N–H and O–H groups in total. The number of amides is 1. The van der Waals surface area contributed by atoms with Crippen molar-refractivity contribution in [1.29, 1.82) is 0 Å². The van der Waals surface area contributed by atoms with Crippen LogP contribution in [0.25, 0.3) is 11.1 Å². The molecule has 9 nitrogen and oxygen atoms in total. The standard InChI is InChI=1S/C29H37N5O4/c35-19-15-31-20-23-10-11-27(32-23)28(36)21-30-14-18-34-16-12-24(13-17-34)38-29(37)33-26-9-5-4-8-25(26)22-6-2-1-3-7-22/h1-11,24,30-32,35H,12-21H2,(H,33,37). The van der Waals surface area contributed by atoms with Crippen molar-refractivity contribution in [2.45, 2.75) is 25.5 Å². The lowest BCUT2D eigenvalue weighted by molar-refractivity contribution is 0.0593. The van der Waals surface area contributed by atoms with E-state index in [0.29, 0.717) is 25.3 Å². The van der Waals surface area contributed by atoms with E-state index >= 15 is 0 Å². The molecule has 1 fully saturated rings. The molecule has 0 bridgehead atoms. The maximum absolute atomic E-state index is 12.6. The minimum absolute atomic E-state index is 0.0189. The molecule has 0 atom stereocenters. The number of carbonyl (C=O) groups excluding carboxylic acids is 2. The van der Waals surface area contributed by atoms with E-state index in [-0.39, 0.29) is 25.0 Å². The highest BCUT2D eigenvalue weighted by Gasteiger charge is 2.22. The Balaban J connectivity index is 1.12. The Morgan fingerprint density at radius 2 is 1.71 bits per heavy atom. The first-order valence-electron chi connectivity index (χ1n) is 13.2. The number of ketones is 1. The van der Waals surface area contributed by atoms with E-state index in [2.05, 4.69) is 25.8 Å². The molecular formula is C29H37N5O4. The van der Waals surface area contributed by atoms with E-state index in [4.69, 9.17) is 9.84 Å². The third-order valence-corrected chi connectivity index (χ3v) is 6.60. The molecule has 1 amide bonds. The molecule has 2 heterocycles. The molecule has 1 aliphatic heterocycles. The molecule has 4 rings (SSSR count). The summed E-state index contributed by atoms with van der Waals surface area (Å²) in [7, 11) is 0. The van der Waals surface area contributed by atoms with Crippen LogP contribution in [0.1, 0.15) is 29.0 Å². The van der Waals surface area contributed by atoms with Crippen molar-refractivity contribution in [3.05, 3.63) is 78.1 Å². The van der Waals surface area contributed by atoms with Crippen molar-refractivity contribution < 1.29 is 19.4 Å². The van der Waals surface area contributed by atoms with E-state index in [1.807, 2.05) is 60.7 Å². The summed E-state index contributed by atoms with van der Waals surface area (Å²) in [5, 5.41) is 18.1. The maximum atomic E-state index is 12.6. The molecule has 0 radical (unpaired) electrons. The molecule has 1 aromatic heterocycles. The van der Waals surface area contributed by atoms with Crippen LogP contribution >= 0.6 is 0 Å². The largest absolute Gasteiger partial charge is 0.446 e. The van der Waals surface area contributed by atoms with Gasteiger partial charge in [-0.05, 0) is 36.6 Å². The van der Waals surface area contributed by atoms with Gasteiger partial charge in [-0.3, -0.25) is 10.1 Å². The first kappa shape index (κ1) is 27.5. The van der Waals surface area contributed by atoms with Crippen molar-refractivity contribution in [1.82, 2.24) is 20.5 Å². The summed E-state index contributed by atoms with van der Waals surface area (Å²) in [6, 6.07) is 21.3. The van der Waals surface area contributed by atoms with Gasteiger partial charge in [0, 0.05) is 50.5 Å². The third-order valence-electron chi connectivity index (χ3n) is 6.60. The number of carbonyl (C=O) groups is 2. The van der Waals surface area contributed by atoms with E-state index in [0.717, 1.165) is 55.0 Å². The quantitative estimate of drug-likeness (QED) is 0.174.